The number of hydrogen-bond acceptors (Lipinski definition) is 2. The zero-order chi connectivity index (χ0) is 9.14. The van der Waals surface area contributed by atoms with Gasteiger partial charge in [-0.05, 0) is 32.1 Å². The maximum atomic E-state index is 5.95. The van der Waals surface area contributed by atoms with Gasteiger partial charge in [-0.2, -0.15) is 0 Å². The Kier molecular flexibility index (Phi) is 3.53. The van der Waals surface area contributed by atoms with Crippen LogP contribution in [0, 0.1) is 5.92 Å². The van der Waals surface area contributed by atoms with Gasteiger partial charge in [0.15, 0.2) is 0 Å². The summed E-state index contributed by atoms with van der Waals surface area (Å²) in [7, 11) is 0. The van der Waals surface area contributed by atoms with E-state index in [0.29, 0.717) is 18.1 Å². The molecule has 0 aromatic heterocycles. The van der Waals surface area contributed by atoms with Crippen LogP contribution < -0.4 is 11.1 Å². The first-order chi connectivity index (χ1) is 5.58. The number of piperidine rings is 1. The van der Waals surface area contributed by atoms with Crippen LogP contribution in [-0.4, -0.2) is 18.1 Å². The summed E-state index contributed by atoms with van der Waals surface area (Å²) < 4.78 is 0. The lowest BCUT2D eigenvalue weighted by Crippen LogP contribution is -2.49. The van der Waals surface area contributed by atoms with Gasteiger partial charge in [0.25, 0.3) is 0 Å². The van der Waals surface area contributed by atoms with Crippen LogP contribution in [0.3, 0.4) is 0 Å². The molecular weight excluding hydrogens is 148 g/mol. The Bertz CT molecular complexity index is 121. The highest BCUT2D eigenvalue weighted by Gasteiger charge is 2.23. The molecule has 0 amide bonds. The molecule has 3 unspecified atom stereocenters. The predicted molar refractivity (Wildman–Crippen MR) is 53.1 cm³/mol. The average molecular weight is 170 g/mol. The fourth-order valence-corrected chi connectivity index (χ4v) is 2.19. The molecule has 1 rings (SSSR count). The quantitative estimate of drug-likeness (QED) is 0.659. The molecule has 12 heavy (non-hydrogen) atoms. The number of rotatable bonds is 2. The Hall–Kier alpha value is -0.0800. The summed E-state index contributed by atoms with van der Waals surface area (Å²) in [6.07, 6.45) is 3.55. The molecule has 1 aliphatic rings. The van der Waals surface area contributed by atoms with Crippen molar-refractivity contribution in [2.24, 2.45) is 11.7 Å². The van der Waals surface area contributed by atoms with Gasteiger partial charge in [0.2, 0.25) is 0 Å². The van der Waals surface area contributed by atoms with Gasteiger partial charge < -0.3 is 11.1 Å². The molecule has 1 aliphatic heterocycles. The van der Waals surface area contributed by atoms with Crippen LogP contribution in [0.4, 0.5) is 0 Å². The van der Waals surface area contributed by atoms with Crippen LogP contribution in [0.1, 0.15) is 40.0 Å². The Morgan fingerprint density at radius 2 is 2.08 bits per heavy atom. The van der Waals surface area contributed by atoms with Crippen molar-refractivity contribution >= 4 is 0 Å². The molecule has 0 spiro atoms. The minimum absolute atomic E-state index is 0.421. The van der Waals surface area contributed by atoms with Crippen molar-refractivity contribution in [1.29, 1.82) is 0 Å². The second-order valence-corrected chi connectivity index (χ2v) is 4.63. The van der Waals surface area contributed by atoms with E-state index in [1.165, 1.54) is 6.42 Å². The van der Waals surface area contributed by atoms with E-state index in [4.69, 9.17) is 5.73 Å². The van der Waals surface area contributed by atoms with Crippen LogP contribution in [0.25, 0.3) is 0 Å². The third-order valence-electron chi connectivity index (χ3n) is 2.52. The van der Waals surface area contributed by atoms with Crippen molar-refractivity contribution in [3.8, 4) is 0 Å². The summed E-state index contributed by atoms with van der Waals surface area (Å²) in [6, 6.07) is 1.69. The van der Waals surface area contributed by atoms with Crippen molar-refractivity contribution in [1.82, 2.24) is 5.32 Å². The van der Waals surface area contributed by atoms with Crippen LogP contribution in [0.5, 0.6) is 0 Å². The largest absolute Gasteiger partial charge is 0.328 e. The molecule has 2 nitrogen and oxygen atoms in total. The fraction of sp³-hybridized carbons (Fsp3) is 1.00. The van der Waals surface area contributed by atoms with Gasteiger partial charge in [-0.3, -0.25) is 0 Å². The molecule has 0 aromatic rings. The fourth-order valence-electron chi connectivity index (χ4n) is 2.19. The van der Waals surface area contributed by atoms with Crippen LogP contribution in [0.2, 0.25) is 0 Å². The minimum Gasteiger partial charge on any atom is -0.328 e. The normalized spacial score (nSPS) is 37.2. The Morgan fingerprint density at radius 1 is 1.42 bits per heavy atom. The molecule has 1 fully saturated rings. The summed E-state index contributed by atoms with van der Waals surface area (Å²) in [5, 5.41) is 3.60. The van der Waals surface area contributed by atoms with Gasteiger partial charge in [0.1, 0.15) is 0 Å². The molecule has 1 heterocycles. The third-order valence-corrected chi connectivity index (χ3v) is 2.52. The monoisotopic (exact) mass is 170 g/mol. The molecule has 0 bridgehead atoms. The summed E-state index contributed by atoms with van der Waals surface area (Å²) in [4.78, 5) is 0. The van der Waals surface area contributed by atoms with Gasteiger partial charge >= 0.3 is 0 Å². The summed E-state index contributed by atoms with van der Waals surface area (Å²) in [5.41, 5.74) is 5.95. The zero-order valence-electron chi connectivity index (χ0n) is 8.51. The second-order valence-electron chi connectivity index (χ2n) is 4.63. The molecule has 0 aliphatic carbocycles. The van der Waals surface area contributed by atoms with Crippen LogP contribution in [-0.2, 0) is 0 Å². The first-order valence-electron chi connectivity index (χ1n) is 5.09. The predicted octanol–water partition coefficient (Wildman–Crippen LogP) is 1.50. The third kappa shape index (κ3) is 3.11. The van der Waals surface area contributed by atoms with Crippen molar-refractivity contribution in [2.45, 2.75) is 58.2 Å². The maximum absolute atomic E-state index is 5.95. The van der Waals surface area contributed by atoms with Crippen molar-refractivity contribution in [3.63, 3.8) is 0 Å². The van der Waals surface area contributed by atoms with Gasteiger partial charge in [-0.1, -0.05) is 13.8 Å². The lowest BCUT2D eigenvalue weighted by Gasteiger charge is -2.33. The highest BCUT2D eigenvalue weighted by atomic mass is 15.0. The van der Waals surface area contributed by atoms with Gasteiger partial charge in [0, 0.05) is 18.1 Å². The molecule has 3 N–H and O–H groups in total. The highest BCUT2D eigenvalue weighted by molar-refractivity contribution is 4.85. The van der Waals surface area contributed by atoms with Crippen molar-refractivity contribution in [3.05, 3.63) is 0 Å². The van der Waals surface area contributed by atoms with Gasteiger partial charge in [-0.25, -0.2) is 0 Å². The molecule has 0 aromatic carbocycles. The Balaban J connectivity index is 2.34. The van der Waals surface area contributed by atoms with Crippen LogP contribution in [0.15, 0.2) is 0 Å². The maximum Gasteiger partial charge on any atom is 0.00867 e. The summed E-state index contributed by atoms with van der Waals surface area (Å²) in [5.74, 6) is 0.778. The topological polar surface area (TPSA) is 38.0 Å². The standard InChI is InChI=1S/C10H22N2/c1-7(2)4-10-6-9(11)5-8(3)12-10/h7-10,12H,4-6,11H2,1-3H3. The smallest absolute Gasteiger partial charge is 0.00867 e. The van der Waals surface area contributed by atoms with E-state index in [2.05, 4.69) is 26.1 Å². The molecule has 72 valence electrons. The van der Waals surface area contributed by atoms with E-state index in [1.54, 1.807) is 0 Å². The van der Waals surface area contributed by atoms with E-state index >= 15 is 0 Å². The van der Waals surface area contributed by atoms with Crippen molar-refractivity contribution < 1.29 is 0 Å². The number of hydrogen-bond donors (Lipinski definition) is 2. The van der Waals surface area contributed by atoms with Gasteiger partial charge in [-0.15, -0.1) is 0 Å². The van der Waals surface area contributed by atoms with Gasteiger partial charge in [0.05, 0.1) is 0 Å². The van der Waals surface area contributed by atoms with E-state index in [1.807, 2.05) is 0 Å². The SMILES string of the molecule is CC(C)CC1CC(N)CC(C)N1. The van der Waals surface area contributed by atoms with E-state index in [0.717, 1.165) is 18.8 Å². The molecule has 3 atom stereocenters. The van der Waals surface area contributed by atoms with E-state index in [9.17, 15) is 0 Å². The first-order valence-corrected chi connectivity index (χ1v) is 5.09. The first kappa shape index (κ1) is 10.0. The minimum atomic E-state index is 0.421. The lowest BCUT2D eigenvalue weighted by molar-refractivity contribution is 0.273. The summed E-state index contributed by atoms with van der Waals surface area (Å²) in [6.45, 7) is 6.77. The molecule has 2 heteroatoms. The highest BCUT2D eigenvalue weighted by Crippen LogP contribution is 2.17. The average Bonchev–Trinajstić information content (AvgIpc) is 1.81. The number of nitrogens with two attached hydrogens (primary N) is 1. The lowest BCUT2D eigenvalue weighted by atomic mass is 9.90. The van der Waals surface area contributed by atoms with E-state index < -0.39 is 0 Å². The van der Waals surface area contributed by atoms with Crippen LogP contribution >= 0.6 is 0 Å². The molecule has 0 saturated carbocycles. The molecule has 1 saturated heterocycles. The Morgan fingerprint density at radius 3 is 2.58 bits per heavy atom. The molecular formula is C10H22N2. The Labute approximate surface area is 75.9 Å². The summed E-state index contributed by atoms with van der Waals surface area (Å²) >= 11 is 0. The number of nitrogens with one attached hydrogen (secondary N) is 1. The second kappa shape index (κ2) is 4.24. The zero-order valence-corrected chi connectivity index (χ0v) is 8.51. The van der Waals surface area contributed by atoms with Crippen molar-refractivity contribution in [2.75, 3.05) is 0 Å². The van der Waals surface area contributed by atoms with E-state index in [-0.39, 0.29) is 0 Å². The molecule has 0 radical (unpaired) electrons.